The molecule has 1 aliphatic rings. The molecule has 0 aromatic heterocycles. The molecule has 6 nitrogen and oxygen atoms in total. The van der Waals surface area contributed by atoms with Crippen molar-refractivity contribution >= 4 is 12.0 Å². The molecule has 0 aliphatic carbocycles. The Morgan fingerprint density at radius 1 is 0.791 bits per heavy atom. The molecule has 1 heterocycles. The number of likely N-dealkylation sites (tertiary alicyclic amines) is 1. The minimum atomic E-state index is -4.99. The molecule has 0 bridgehead atoms. The Kier molecular flexibility index (Phi) is 9.33. The van der Waals surface area contributed by atoms with Gasteiger partial charge in [0.15, 0.2) is 0 Å². The van der Waals surface area contributed by atoms with Gasteiger partial charge in [0.1, 0.15) is 5.82 Å². The highest BCUT2D eigenvalue weighted by atomic mass is 19.4. The summed E-state index contributed by atoms with van der Waals surface area (Å²) >= 11 is 0. The number of benzene rings is 3. The molecule has 4 rings (SSSR count). The largest absolute Gasteiger partial charge is 0.480 e. The Hall–Kier alpha value is -4.13. The van der Waals surface area contributed by atoms with Crippen LogP contribution in [0.4, 0.5) is 35.5 Å². The number of carbonyl (C=O) groups excluding carboxylic acids is 1. The highest BCUT2D eigenvalue weighted by Crippen LogP contribution is 2.40. The first kappa shape index (κ1) is 31.8. The molecule has 230 valence electrons. The van der Waals surface area contributed by atoms with E-state index in [-0.39, 0.29) is 24.6 Å². The first-order valence-electron chi connectivity index (χ1n) is 13.3. The van der Waals surface area contributed by atoms with Crippen molar-refractivity contribution in [1.29, 1.82) is 0 Å². The van der Waals surface area contributed by atoms with Crippen molar-refractivity contribution in [3.63, 3.8) is 0 Å². The number of nitrogens with zero attached hydrogens (tertiary/aromatic N) is 1. The van der Waals surface area contributed by atoms with Crippen LogP contribution in [0.1, 0.15) is 40.7 Å². The number of alkyl halides is 6. The van der Waals surface area contributed by atoms with Crippen molar-refractivity contribution in [2.75, 3.05) is 19.6 Å². The second-order valence-corrected chi connectivity index (χ2v) is 10.4. The third-order valence-electron chi connectivity index (χ3n) is 7.32. The zero-order chi connectivity index (χ0) is 31.4. The Morgan fingerprint density at radius 3 is 1.98 bits per heavy atom. The van der Waals surface area contributed by atoms with Gasteiger partial charge in [-0.25, -0.2) is 9.18 Å². The molecule has 0 radical (unpaired) electrons. The highest BCUT2D eigenvalue weighted by Gasteiger charge is 2.42. The minimum Gasteiger partial charge on any atom is -0.480 e. The summed E-state index contributed by atoms with van der Waals surface area (Å²) in [7, 11) is 0. The lowest BCUT2D eigenvalue weighted by atomic mass is 9.77. The van der Waals surface area contributed by atoms with Crippen LogP contribution < -0.4 is 10.6 Å². The number of carboxylic acid groups (broad SMARTS) is 1. The summed E-state index contributed by atoms with van der Waals surface area (Å²) in [5, 5.41) is 14.4. The van der Waals surface area contributed by atoms with Gasteiger partial charge < -0.3 is 15.7 Å². The van der Waals surface area contributed by atoms with Crippen LogP contribution in [0.25, 0.3) is 0 Å². The maximum atomic E-state index is 14.8. The molecule has 1 unspecified atom stereocenters. The van der Waals surface area contributed by atoms with Gasteiger partial charge in [0.05, 0.1) is 23.2 Å². The number of urea groups is 1. The van der Waals surface area contributed by atoms with Gasteiger partial charge in [0.2, 0.25) is 0 Å². The number of aliphatic carboxylic acids is 1. The van der Waals surface area contributed by atoms with Crippen LogP contribution in [0.2, 0.25) is 0 Å². The van der Waals surface area contributed by atoms with E-state index in [9.17, 15) is 40.3 Å². The normalized spacial score (nSPS) is 16.3. The zero-order valence-corrected chi connectivity index (χ0v) is 22.6. The molecule has 0 spiro atoms. The number of hydrogen-bond donors (Lipinski definition) is 3. The standard InChI is InChI=1S/C30H28F7N3O3/c31-24-15-22(14-23(16-24)30(35,36)37)28(17-19-5-2-1-3-6-19,20-7-4-8-21(13-20)29(32,33)34)39-27(43)38-25-9-11-40(12-10-25)18-26(41)42/h1-8,13-16,25H,9-12,17-18H2,(H,41,42)(H2,38,39,43). The molecule has 43 heavy (non-hydrogen) atoms. The van der Waals surface area contributed by atoms with Crippen LogP contribution in [0.3, 0.4) is 0 Å². The van der Waals surface area contributed by atoms with Gasteiger partial charge in [-0.3, -0.25) is 9.69 Å². The summed E-state index contributed by atoms with van der Waals surface area (Å²) in [6.07, 6.45) is -9.42. The average molecular weight is 612 g/mol. The molecule has 13 heteroatoms. The fraction of sp³-hybridized carbons (Fsp3) is 0.333. The summed E-state index contributed by atoms with van der Waals surface area (Å²) in [6, 6.07) is 12.2. The molecular weight excluding hydrogens is 583 g/mol. The van der Waals surface area contributed by atoms with Crippen LogP contribution in [0.5, 0.6) is 0 Å². The smallest absolute Gasteiger partial charge is 0.416 e. The quantitative estimate of drug-likeness (QED) is 0.265. The number of rotatable bonds is 8. The number of carbonyl (C=O) groups is 2. The van der Waals surface area contributed by atoms with E-state index in [4.69, 9.17) is 5.11 Å². The summed E-state index contributed by atoms with van der Waals surface area (Å²) in [6.45, 7) is 0.507. The van der Waals surface area contributed by atoms with Gasteiger partial charge in [0.25, 0.3) is 0 Å². The van der Waals surface area contributed by atoms with Crippen LogP contribution in [-0.2, 0) is 29.1 Å². The first-order valence-corrected chi connectivity index (χ1v) is 13.3. The fourth-order valence-corrected chi connectivity index (χ4v) is 5.26. The van der Waals surface area contributed by atoms with Crippen LogP contribution in [0.15, 0.2) is 72.8 Å². The Labute approximate surface area is 242 Å². The molecule has 3 aromatic rings. The monoisotopic (exact) mass is 611 g/mol. The van der Waals surface area contributed by atoms with E-state index in [0.717, 1.165) is 24.3 Å². The SMILES string of the molecule is O=C(O)CN1CCC(NC(=O)NC(Cc2ccccc2)(c2cccc(C(F)(F)F)c2)c2cc(F)cc(C(F)(F)F)c2)CC1. The molecule has 3 N–H and O–H groups in total. The van der Waals surface area contributed by atoms with Gasteiger partial charge in [-0.15, -0.1) is 0 Å². The molecule has 2 amide bonds. The van der Waals surface area contributed by atoms with Gasteiger partial charge in [-0.1, -0.05) is 42.5 Å². The van der Waals surface area contributed by atoms with Gasteiger partial charge in [0, 0.05) is 25.6 Å². The summed E-state index contributed by atoms with van der Waals surface area (Å²) in [4.78, 5) is 26.2. The Bertz CT molecular complexity index is 1440. The Morgan fingerprint density at radius 2 is 1.37 bits per heavy atom. The third-order valence-corrected chi connectivity index (χ3v) is 7.32. The van der Waals surface area contributed by atoms with E-state index in [1.807, 2.05) is 0 Å². The van der Waals surface area contributed by atoms with Gasteiger partial charge >= 0.3 is 24.4 Å². The summed E-state index contributed by atoms with van der Waals surface area (Å²) < 4.78 is 97.6. The maximum Gasteiger partial charge on any atom is 0.416 e. The fourth-order valence-electron chi connectivity index (χ4n) is 5.26. The number of hydrogen-bond acceptors (Lipinski definition) is 3. The van der Waals surface area contributed by atoms with Crippen molar-refractivity contribution in [3.8, 4) is 0 Å². The zero-order valence-electron chi connectivity index (χ0n) is 22.6. The molecule has 1 aliphatic heterocycles. The number of carboxylic acids is 1. The molecule has 1 atom stereocenters. The number of nitrogens with one attached hydrogen (secondary N) is 2. The van der Waals surface area contributed by atoms with Crippen molar-refractivity contribution in [2.45, 2.75) is 43.2 Å². The van der Waals surface area contributed by atoms with Crippen LogP contribution in [0, 0.1) is 5.82 Å². The molecule has 1 saturated heterocycles. The van der Waals surface area contributed by atoms with Gasteiger partial charge in [-0.2, -0.15) is 26.3 Å². The lowest BCUT2D eigenvalue weighted by molar-refractivity contribution is -0.139. The third kappa shape index (κ3) is 8.04. The molecule has 0 saturated carbocycles. The van der Waals surface area contributed by atoms with E-state index in [2.05, 4.69) is 10.6 Å². The predicted octanol–water partition coefficient (Wildman–Crippen LogP) is 6.20. The average Bonchev–Trinajstić information content (AvgIpc) is 2.93. The maximum absolute atomic E-state index is 14.8. The second-order valence-electron chi connectivity index (χ2n) is 10.4. The van der Waals surface area contributed by atoms with E-state index in [1.165, 1.54) is 6.07 Å². The van der Waals surface area contributed by atoms with E-state index < -0.39 is 58.4 Å². The van der Waals surface area contributed by atoms with Crippen molar-refractivity contribution in [2.24, 2.45) is 0 Å². The van der Waals surface area contributed by atoms with E-state index >= 15 is 0 Å². The van der Waals surface area contributed by atoms with E-state index in [0.29, 0.717) is 37.6 Å². The molecule has 3 aromatic carbocycles. The number of halogens is 7. The topological polar surface area (TPSA) is 81.7 Å². The second kappa shape index (κ2) is 12.6. The lowest BCUT2D eigenvalue weighted by Crippen LogP contribution is -2.55. The Balaban J connectivity index is 1.82. The summed E-state index contributed by atoms with van der Waals surface area (Å²) in [5.41, 5.74) is -4.74. The summed E-state index contributed by atoms with van der Waals surface area (Å²) in [5.74, 6) is -2.30. The van der Waals surface area contributed by atoms with Gasteiger partial charge in [-0.05, 0) is 59.9 Å². The van der Waals surface area contributed by atoms with Crippen LogP contribution >= 0.6 is 0 Å². The lowest BCUT2D eigenvalue weighted by Gasteiger charge is -2.38. The van der Waals surface area contributed by atoms with Crippen molar-refractivity contribution in [3.05, 3.63) is 106 Å². The number of amides is 2. The van der Waals surface area contributed by atoms with Crippen LogP contribution in [-0.4, -0.2) is 47.7 Å². The molecule has 1 fully saturated rings. The van der Waals surface area contributed by atoms with E-state index in [1.54, 1.807) is 35.2 Å². The van der Waals surface area contributed by atoms with Crippen molar-refractivity contribution < 1.29 is 45.4 Å². The minimum absolute atomic E-state index is 0.185. The number of piperidine rings is 1. The molecular formula is C30H28F7N3O3. The predicted molar refractivity (Wildman–Crippen MR) is 143 cm³/mol. The highest BCUT2D eigenvalue weighted by molar-refractivity contribution is 5.76. The van der Waals surface area contributed by atoms with Crippen molar-refractivity contribution in [1.82, 2.24) is 15.5 Å². The first-order chi connectivity index (χ1) is 20.2.